The number of nitrogens with one attached hydrogen (secondary N) is 2. The van der Waals surface area contributed by atoms with Gasteiger partial charge >= 0.3 is 0 Å². The lowest BCUT2D eigenvalue weighted by Crippen LogP contribution is -2.45. The Hall–Kier alpha value is -2.83. The van der Waals surface area contributed by atoms with Gasteiger partial charge in [-0.25, -0.2) is 0 Å². The highest BCUT2D eigenvalue weighted by atomic mass is 16.3. The summed E-state index contributed by atoms with van der Waals surface area (Å²) in [5.41, 5.74) is 0.103. The zero-order chi connectivity index (χ0) is 16.2. The van der Waals surface area contributed by atoms with E-state index in [-0.39, 0.29) is 17.4 Å². The van der Waals surface area contributed by atoms with Crippen LogP contribution in [0.2, 0.25) is 0 Å². The molecule has 2 aromatic rings. The molecule has 2 N–H and O–H groups in total. The summed E-state index contributed by atoms with van der Waals surface area (Å²) >= 11 is 0. The molecule has 0 radical (unpaired) electrons. The molecule has 3 heterocycles. The number of carbonyl (C=O) groups is 2. The lowest BCUT2D eigenvalue weighted by Gasteiger charge is -2.23. The number of carbonyl (C=O) groups excluding carboxylic acids is 2. The molecule has 7 heteroatoms. The van der Waals surface area contributed by atoms with E-state index in [0.29, 0.717) is 30.8 Å². The topological polar surface area (TPSA) is 95.4 Å². The molecule has 0 saturated carbocycles. The molecular weight excluding hydrogens is 298 g/mol. The molecule has 23 heavy (non-hydrogen) atoms. The van der Waals surface area contributed by atoms with Crippen LogP contribution in [0.15, 0.2) is 45.9 Å². The molecule has 1 unspecified atom stereocenters. The van der Waals surface area contributed by atoms with Crippen LogP contribution in [0.1, 0.15) is 29.0 Å². The molecular formula is C16H17N3O4. The summed E-state index contributed by atoms with van der Waals surface area (Å²) in [6.07, 6.45) is 4.32. The van der Waals surface area contributed by atoms with Crippen molar-refractivity contribution in [3.05, 3.63) is 58.4 Å². The van der Waals surface area contributed by atoms with Crippen LogP contribution in [0.4, 0.5) is 0 Å². The monoisotopic (exact) mass is 315 g/mol. The Labute approximate surface area is 132 Å². The highest BCUT2D eigenvalue weighted by Gasteiger charge is 2.34. The lowest BCUT2D eigenvalue weighted by atomic mass is 10.2. The van der Waals surface area contributed by atoms with Crippen molar-refractivity contribution >= 4 is 11.8 Å². The number of hydrogen-bond acceptors (Lipinski definition) is 4. The van der Waals surface area contributed by atoms with Gasteiger partial charge in [0.15, 0.2) is 0 Å². The van der Waals surface area contributed by atoms with Crippen LogP contribution in [-0.2, 0) is 11.3 Å². The van der Waals surface area contributed by atoms with Crippen molar-refractivity contribution in [1.82, 2.24) is 15.2 Å². The molecule has 1 saturated heterocycles. The van der Waals surface area contributed by atoms with E-state index in [2.05, 4.69) is 10.3 Å². The molecule has 120 valence electrons. The van der Waals surface area contributed by atoms with E-state index in [4.69, 9.17) is 4.42 Å². The van der Waals surface area contributed by atoms with Gasteiger partial charge in [-0.2, -0.15) is 0 Å². The highest BCUT2D eigenvalue weighted by Crippen LogP contribution is 2.20. The van der Waals surface area contributed by atoms with Crippen LogP contribution >= 0.6 is 0 Å². The molecule has 7 nitrogen and oxygen atoms in total. The highest BCUT2D eigenvalue weighted by molar-refractivity contribution is 5.97. The second-order valence-electron chi connectivity index (χ2n) is 5.40. The number of hydrogen-bond donors (Lipinski definition) is 2. The number of pyridine rings is 1. The fourth-order valence-corrected chi connectivity index (χ4v) is 2.70. The van der Waals surface area contributed by atoms with E-state index in [9.17, 15) is 14.4 Å². The first kappa shape index (κ1) is 15.1. The van der Waals surface area contributed by atoms with Crippen molar-refractivity contribution in [3.63, 3.8) is 0 Å². The fraction of sp³-hybridized carbons (Fsp3) is 0.312. The Balaban J connectivity index is 1.66. The summed E-state index contributed by atoms with van der Waals surface area (Å²) in [7, 11) is 0. The number of aromatic nitrogens is 1. The van der Waals surface area contributed by atoms with Crippen molar-refractivity contribution in [2.24, 2.45) is 0 Å². The average molecular weight is 315 g/mol. The van der Waals surface area contributed by atoms with Gasteiger partial charge in [-0.05, 0) is 31.0 Å². The molecule has 1 atom stereocenters. The van der Waals surface area contributed by atoms with Crippen molar-refractivity contribution in [2.45, 2.75) is 25.4 Å². The standard InChI is InChI=1S/C16H17N3O4/c20-14-6-5-11(9-17-14)16(22)19-7-1-4-13(19)15(21)18-10-12-3-2-8-23-12/h2-3,5-6,8-9,13H,1,4,7,10H2,(H,17,20)(H,18,21). The average Bonchev–Trinajstić information content (AvgIpc) is 3.24. The number of H-pyrrole nitrogens is 1. The van der Waals surface area contributed by atoms with Gasteiger partial charge in [-0.1, -0.05) is 0 Å². The summed E-state index contributed by atoms with van der Waals surface area (Å²) in [6, 6.07) is 5.80. The minimum Gasteiger partial charge on any atom is -0.467 e. The summed E-state index contributed by atoms with van der Waals surface area (Å²) in [4.78, 5) is 40.0. The van der Waals surface area contributed by atoms with Crippen LogP contribution in [0, 0.1) is 0 Å². The van der Waals surface area contributed by atoms with Crippen LogP contribution in [0.25, 0.3) is 0 Å². The molecule has 2 aromatic heterocycles. The molecule has 1 fully saturated rings. The maximum atomic E-state index is 12.5. The second kappa shape index (κ2) is 6.51. The van der Waals surface area contributed by atoms with E-state index < -0.39 is 6.04 Å². The van der Waals surface area contributed by atoms with Crippen LogP contribution < -0.4 is 10.9 Å². The Morgan fingerprint density at radius 3 is 2.91 bits per heavy atom. The van der Waals surface area contributed by atoms with Crippen LogP contribution in [0.3, 0.4) is 0 Å². The van der Waals surface area contributed by atoms with E-state index >= 15 is 0 Å². The van der Waals surface area contributed by atoms with Crippen molar-refractivity contribution in [1.29, 1.82) is 0 Å². The number of rotatable bonds is 4. The maximum Gasteiger partial charge on any atom is 0.256 e. The minimum atomic E-state index is -0.496. The first-order valence-corrected chi connectivity index (χ1v) is 7.45. The number of nitrogens with zero attached hydrogens (tertiary/aromatic N) is 1. The molecule has 3 rings (SSSR count). The number of amides is 2. The van der Waals surface area contributed by atoms with Crippen molar-refractivity contribution in [3.8, 4) is 0 Å². The molecule has 2 amide bonds. The molecule has 0 aromatic carbocycles. The SMILES string of the molecule is O=C(NCc1ccco1)C1CCCN1C(=O)c1ccc(=O)[nH]c1. The van der Waals surface area contributed by atoms with Gasteiger partial charge in [0.25, 0.3) is 5.91 Å². The first-order valence-electron chi connectivity index (χ1n) is 7.45. The largest absolute Gasteiger partial charge is 0.467 e. The Bertz CT molecular complexity index is 730. The van der Waals surface area contributed by atoms with Gasteiger partial charge < -0.3 is 19.6 Å². The third-order valence-corrected chi connectivity index (χ3v) is 3.86. The maximum absolute atomic E-state index is 12.5. The predicted molar refractivity (Wildman–Crippen MR) is 81.7 cm³/mol. The molecule has 1 aliphatic heterocycles. The minimum absolute atomic E-state index is 0.198. The van der Waals surface area contributed by atoms with E-state index in [0.717, 1.165) is 6.42 Å². The van der Waals surface area contributed by atoms with Crippen LogP contribution in [0.5, 0.6) is 0 Å². The molecule has 0 bridgehead atoms. The summed E-state index contributed by atoms with van der Waals surface area (Å²) in [6.45, 7) is 0.819. The van der Waals surface area contributed by atoms with E-state index in [1.165, 1.54) is 18.3 Å². The zero-order valence-electron chi connectivity index (χ0n) is 12.5. The quantitative estimate of drug-likeness (QED) is 0.876. The number of likely N-dealkylation sites (tertiary alicyclic amines) is 1. The van der Waals surface area contributed by atoms with Gasteiger partial charge in [0.05, 0.1) is 18.4 Å². The van der Waals surface area contributed by atoms with Gasteiger partial charge in [-0.15, -0.1) is 0 Å². The van der Waals surface area contributed by atoms with Crippen molar-refractivity contribution in [2.75, 3.05) is 6.54 Å². The summed E-state index contributed by atoms with van der Waals surface area (Å²) in [5.74, 6) is 0.212. The fourth-order valence-electron chi connectivity index (χ4n) is 2.70. The molecule has 1 aliphatic rings. The Morgan fingerprint density at radius 1 is 1.35 bits per heavy atom. The van der Waals surface area contributed by atoms with Gasteiger partial charge in [0.2, 0.25) is 11.5 Å². The second-order valence-corrected chi connectivity index (χ2v) is 5.40. The smallest absolute Gasteiger partial charge is 0.256 e. The predicted octanol–water partition coefficient (Wildman–Crippen LogP) is 0.889. The Kier molecular flexibility index (Phi) is 4.27. The van der Waals surface area contributed by atoms with E-state index in [1.54, 1.807) is 23.3 Å². The molecule has 0 spiro atoms. The van der Waals surface area contributed by atoms with Crippen LogP contribution in [-0.4, -0.2) is 34.3 Å². The van der Waals surface area contributed by atoms with Crippen molar-refractivity contribution < 1.29 is 14.0 Å². The zero-order valence-corrected chi connectivity index (χ0v) is 12.5. The normalized spacial score (nSPS) is 17.2. The van der Waals surface area contributed by atoms with Gasteiger partial charge in [-0.3, -0.25) is 14.4 Å². The summed E-state index contributed by atoms with van der Waals surface area (Å²) in [5, 5.41) is 2.79. The van der Waals surface area contributed by atoms with Gasteiger partial charge in [0.1, 0.15) is 11.8 Å². The number of furan rings is 1. The van der Waals surface area contributed by atoms with Gasteiger partial charge in [0, 0.05) is 18.8 Å². The third kappa shape index (κ3) is 3.33. The lowest BCUT2D eigenvalue weighted by molar-refractivity contribution is -0.125. The molecule has 0 aliphatic carbocycles. The Morgan fingerprint density at radius 2 is 2.22 bits per heavy atom. The summed E-state index contributed by atoms with van der Waals surface area (Å²) < 4.78 is 5.17. The number of aromatic amines is 1. The third-order valence-electron chi connectivity index (χ3n) is 3.86. The van der Waals surface area contributed by atoms with E-state index in [1.807, 2.05) is 0 Å². The first-order chi connectivity index (χ1) is 11.1.